The molecule has 2 rings (SSSR count). The van der Waals surface area contributed by atoms with Gasteiger partial charge in [-0.1, -0.05) is 48.8 Å². The van der Waals surface area contributed by atoms with E-state index in [-0.39, 0.29) is 17.6 Å². The molecule has 7 nitrogen and oxygen atoms in total. The molecule has 0 aliphatic heterocycles. The molecule has 0 saturated carbocycles. The van der Waals surface area contributed by atoms with Crippen molar-refractivity contribution in [3.05, 3.63) is 57.6 Å². The van der Waals surface area contributed by atoms with Crippen molar-refractivity contribution in [2.45, 2.75) is 40.0 Å². The average Bonchev–Trinajstić information content (AvgIpc) is 2.75. The lowest BCUT2D eigenvalue weighted by atomic mass is 10.0. The molecule has 2 amide bonds. The molecule has 0 heterocycles. The Morgan fingerprint density at radius 2 is 1.81 bits per heavy atom. The van der Waals surface area contributed by atoms with Gasteiger partial charge in [0.05, 0.1) is 12.2 Å². The molecule has 32 heavy (non-hydrogen) atoms. The molecular formula is C23H28BrN3O4S. The Labute approximate surface area is 202 Å². The zero-order valence-corrected chi connectivity index (χ0v) is 21.0. The second-order valence-electron chi connectivity index (χ2n) is 7.43. The molecule has 0 radical (unpaired) electrons. The molecule has 0 unspecified atom stereocenters. The molecule has 0 aliphatic carbocycles. The van der Waals surface area contributed by atoms with Gasteiger partial charge in [0.2, 0.25) is 0 Å². The number of amides is 2. The van der Waals surface area contributed by atoms with Gasteiger partial charge in [0.1, 0.15) is 11.5 Å². The van der Waals surface area contributed by atoms with Gasteiger partial charge >= 0.3 is 0 Å². The molecule has 0 bridgehead atoms. The molecule has 3 N–H and O–H groups in total. The van der Waals surface area contributed by atoms with Crippen molar-refractivity contribution in [1.82, 2.24) is 16.2 Å². The lowest BCUT2D eigenvalue weighted by Crippen LogP contribution is -2.49. The van der Waals surface area contributed by atoms with E-state index in [1.54, 1.807) is 18.2 Å². The Morgan fingerprint density at radius 3 is 2.50 bits per heavy atom. The van der Waals surface area contributed by atoms with E-state index >= 15 is 0 Å². The van der Waals surface area contributed by atoms with Crippen LogP contribution in [-0.4, -0.2) is 30.1 Å². The van der Waals surface area contributed by atoms with Gasteiger partial charge in [-0.05, 0) is 66.9 Å². The van der Waals surface area contributed by atoms with Gasteiger partial charge in [0.15, 0.2) is 11.7 Å². The van der Waals surface area contributed by atoms with Crippen LogP contribution >= 0.6 is 28.1 Å². The molecule has 0 fully saturated rings. The number of carbonyl (C=O) groups excluding carboxylic acids is 2. The number of hydrogen-bond donors (Lipinski definition) is 3. The maximum absolute atomic E-state index is 12.6. The van der Waals surface area contributed by atoms with Gasteiger partial charge in [-0.25, -0.2) is 0 Å². The topological polar surface area (TPSA) is 88.7 Å². The standard InChI is InChI=1S/C23H28BrN3O4S/c1-5-10-30-19-9-7-16(24)12-18(19)22(29)25-23(32)27-26-21(28)13-31-20-11-15(4)6-8-17(20)14(2)3/h6-9,11-12,14H,5,10,13H2,1-4H3,(H,26,28)(H2,25,27,29,32). The highest BCUT2D eigenvalue weighted by Crippen LogP contribution is 2.27. The summed E-state index contributed by atoms with van der Waals surface area (Å²) in [5.41, 5.74) is 7.33. The number of ether oxygens (including phenoxy) is 2. The quantitative estimate of drug-likeness (QED) is 0.352. The van der Waals surface area contributed by atoms with Gasteiger partial charge in [0.25, 0.3) is 11.8 Å². The van der Waals surface area contributed by atoms with Gasteiger partial charge in [-0.15, -0.1) is 0 Å². The minimum Gasteiger partial charge on any atom is -0.493 e. The van der Waals surface area contributed by atoms with E-state index in [1.165, 1.54) is 0 Å². The van der Waals surface area contributed by atoms with Crippen LogP contribution < -0.4 is 25.6 Å². The first-order valence-electron chi connectivity index (χ1n) is 10.3. The van der Waals surface area contributed by atoms with Crippen molar-refractivity contribution in [2.24, 2.45) is 0 Å². The molecular weight excluding hydrogens is 494 g/mol. The summed E-state index contributed by atoms with van der Waals surface area (Å²) in [6, 6.07) is 11.0. The summed E-state index contributed by atoms with van der Waals surface area (Å²) < 4.78 is 12.0. The van der Waals surface area contributed by atoms with Crippen molar-refractivity contribution in [3.63, 3.8) is 0 Å². The fraction of sp³-hybridized carbons (Fsp3) is 0.348. The van der Waals surface area contributed by atoms with Crippen molar-refractivity contribution >= 4 is 45.1 Å². The highest BCUT2D eigenvalue weighted by Gasteiger charge is 2.15. The molecule has 0 atom stereocenters. The van der Waals surface area contributed by atoms with Crippen LogP contribution in [0.3, 0.4) is 0 Å². The average molecular weight is 522 g/mol. The third kappa shape index (κ3) is 7.80. The van der Waals surface area contributed by atoms with Gasteiger partial charge < -0.3 is 9.47 Å². The number of rotatable bonds is 8. The number of halogens is 1. The summed E-state index contributed by atoms with van der Waals surface area (Å²) >= 11 is 8.46. The van der Waals surface area contributed by atoms with E-state index in [1.807, 2.05) is 32.0 Å². The van der Waals surface area contributed by atoms with Crippen LogP contribution in [0.25, 0.3) is 0 Å². The number of nitrogens with one attached hydrogen (secondary N) is 3. The van der Waals surface area contributed by atoms with Crippen LogP contribution in [0.5, 0.6) is 11.5 Å². The first-order chi connectivity index (χ1) is 15.2. The molecule has 0 spiro atoms. The highest BCUT2D eigenvalue weighted by atomic mass is 79.9. The lowest BCUT2D eigenvalue weighted by Gasteiger charge is -2.16. The Bertz CT molecular complexity index is 982. The minimum atomic E-state index is -0.457. The lowest BCUT2D eigenvalue weighted by molar-refractivity contribution is -0.123. The summed E-state index contributed by atoms with van der Waals surface area (Å²) in [5, 5.41) is 2.47. The third-order valence-electron chi connectivity index (χ3n) is 4.34. The zero-order valence-electron chi connectivity index (χ0n) is 18.6. The van der Waals surface area contributed by atoms with E-state index in [0.29, 0.717) is 23.7 Å². The fourth-order valence-corrected chi connectivity index (χ4v) is 3.27. The summed E-state index contributed by atoms with van der Waals surface area (Å²) in [4.78, 5) is 24.8. The molecule has 2 aromatic carbocycles. The molecule has 2 aromatic rings. The Balaban J connectivity index is 1.88. The van der Waals surface area contributed by atoms with Crippen LogP contribution in [-0.2, 0) is 4.79 Å². The van der Waals surface area contributed by atoms with E-state index in [9.17, 15) is 9.59 Å². The van der Waals surface area contributed by atoms with Crippen molar-refractivity contribution in [1.29, 1.82) is 0 Å². The smallest absolute Gasteiger partial charge is 0.276 e. The minimum absolute atomic E-state index is 0.0526. The number of aryl methyl sites for hydroxylation is 1. The summed E-state index contributed by atoms with van der Waals surface area (Å²) in [6.45, 7) is 8.35. The van der Waals surface area contributed by atoms with Crippen LogP contribution in [0.4, 0.5) is 0 Å². The zero-order chi connectivity index (χ0) is 23.7. The van der Waals surface area contributed by atoms with Gasteiger partial charge in [0, 0.05) is 4.47 Å². The molecule has 9 heteroatoms. The van der Waals surface area contributed by atoms with Gasteiger partial charge in [-0.2, -0.15) is 0 Å². The monoisotopic (exact) mass is 521 g/mol. The van der Waals surface area contributed by atoms with Crippen LogP contribution in [0.2, 0.25) is 0 Å². The van der Waals surface area contributed by atoms with Crippen LogP contribution in [0, 0.1) is 6.92 Å². The predicted molar refractivity (Wildman–Crippen MR) is 132 cm³/mol. The van der Waals surface area contributed by atoms with E-state index in [4.69, 9.17) is 21.7 Å². The Kier molecular flexibility index (Phi) is 9.93. The number of hydrazine groups is 1. The first kappa shape index (κ1) is 25.6. The highest BCUT2D eigenvalue weighted by molar-refractivity contribution is 9.10. The molecule has 0 aromatic heterocycles. The summed E-state index contributed by atoms with van der Waals surface area (Å²) in [6.07, 6.45) is 0.812. The number of carbonyl (C=O) groups is 2. The maximum Gasteiger partial charge on any atom is 0.276 e. The van der Waals surface area contributed by atoms with Crippen molar-refractivity contribution in [3.8, 4) is 11.5 Å². The predicted octanol–water partition coefficient (Wildman–Crippen LogP) is 4.38. The summed E-state index contributed by atoms with van der Waals surface area (Å²) in [5.74, 6) is 0.486. The molecule has 172 valence electrons. The van der Waals surface area contributed by atoms with Crippen molar-refractivity contribution in [2.75, 3.05) is 13.2 Å². The Hall–Kier alpha value is -2.65. The van der Waals surface area contributed by atoms with E-state index in [2.05, 4.69) is 45.9 Å². The second kappa shape index (κ2) is 12.4. The van der Waals surface area contributed by atoms with E-state index in [0.717, 1.165) is 22.0 Å². The SMILES string of the molecule is CCCOc1ccc(Br)cc1C(=O)NC(=S)NNC(=O)COc1cc(C)ccc1C(C)C. The largest absolute Gasteiger partial charge is 0.493 e. The molecule has 0 aliphatic rings. The maximum atomic E-state index is 12.6. The second-order valence-corrected chi connectivity index (χ2v) is 8.75. The molecule has 0 saturated heterocycles. The van der Waals surface area contributed by atoms with E-state index < -0.39 is 11.8 Å². The first-order valence-corrected chi connectivity index (χ1v) is 11.5. The fourth-order valence-electron chi connectivity index (χ4n) is 2.77. The third-order valence-corrected chi connectivity index (χ3v) is 5.04. The summed E-state index contributed by atoms with van der Waals surface area (Å²) in [7, 11) is 0. The van der Waals surface area contributed by atoms with Crippen LogP contribution in [0.1, 0.15) is 54.6 Å². The van der Waals surface area contributed by atoms with Crippen LogP contribution in [0.15, 0.2) is 40.9 Å². The normalized spacial score (nSPS) is 10.4. The number of thiocarbonyl (C=S) groups is 1. The van der Waals surface area contributed by atoms with Crippen molar-refractivity contribution < 1.29 is 19.1 Å². The van der Waals surface area contributed by atoms with Gasteiger partial charge in [-0.3, -0.25) is 25.8 Å². The number of benzene rings is 2. The number of hydrogen-bond acceptors (Lipinski definition) is 5. The Morgan fingerprint density at radius 1 is 1.06 bits per heavy atom.